The van der Waals surface area contributed by atoms with Gasteiger partial charge in [-0.05, 0) is 58.2 Å². The molecule has 0 spiro atoms. The fourth-order valence-electron chi connectivity index (χ4n) is 2.17. The summed E-state index contributed by atoms with van der Waals surface area (Å²) in [5.41, 5.74) is 2.22. The average Bonchev–Trinajstić information content (AvgIpc) is 2.45. The summed E-state index contributed by atoms with van der Waals surface area (Å²) >= 11 is 9.93. The number of halogens is 3. The van der Waals surface area contributed by atoms with Gasteiger partial charge in [-0.25, -0.2) is 4.39 Å². The molecule has 2 rings (SSSR count). The molecule has 21 heavy (non-hydrogen) atoms. The lowest BCUT2D eigenvalue weighted by Gasteiger charge is -2.17. The van der Waals surface area contributed by atoms with Gasteiger partial charge in [-0.2, -0.15) is 0 Å². The minimum atomic E-state index is -0.531. The molecule has 0 aromatic heterocycles. The van der Waals surface area contributed by atoms with Gasteiger partial charge in [0, 0.05) is 5.56 Å². The predicted molar refractivity (Wildman–Crippen MR) is 86.1 cm³/mol. The highest BCUT2D eigenvalue weighted by molar-refractivity contribution is 9.10. The molecule has 0 bridgehead atoms. The van der Waals surface area contributed by atoms with Gasteiger partial charge in [0.05, 0.1) is 24.1 Å². The number of hydrogen-bond acceptors (Lipinski definition) is 2. The van der Waals surface area contributed by atoms with Crippen LogP contribution >= 0.6 is 27.5 Å². The van der Waals surface area contributed by atoms with Crippen LogP contribution in [0, 0.1) is 12.7 Å². The summed E-state index contributed by atoms with van der Waals surface area (Å²) in [4.78, 5) is 0. The molecule has 0 heterocycles. The first-order chi connectivity index (χ1) is 9.96. The highest BCUT2D eigenvalue weighted by Crippen LogP contribution is 2.41. The molecule has 1 atom stereocenters. The third-order valence-electron chi connectivity index (χ3n) is 3.13. The largest absolute Gasteiger partial charge is 0.496 e. The third-order valence-corrected chi connectivity index (χ3v) is 4.24. The van der Waals surface area contributed by atoms with Crippen molar-refractivity contribution in [1.29, 1.82) is 0 Å². The van der Waals surface area contributed by atoms with Crippen LogP contribution in [0.15, 0.2) is 34.8 Å². The van der Waals surface area contributed by atoms with E-state index in [1.807, 2.05) is 13.0 Å². The summed E-state index contributed by atoms with van der Waals surface area (Å²) in [5.74, 6) is 0.952. The summed E-state index contributed by atoms with van der Waals surface area (Å²) in [5, 5.41) is -0.531. The molecule has 0 fully saturated rings. The normalized spacial score (nSPS) is 12.1. The molecule has 0 aliphatic heterocycles. The van der Waals surface area contributed by atoms with Crippen molar-refractivity contribution >= 4 is 27.5 Å². The van der Waals surface area contributed by atoms with Crippen molar-refractivity contribution in [1.82, 2.24) is 0 Å². The first-order valence-electron chi connectivity index (χ1n) is 6.29. The molecule has 5 heteroatoms. The minimum absolute atomic E-state index is 0.307. The molecule has 0 aliphatic carbocycles. The third kappa shape index (κ3) is 3.50. The van der Waals surface area contributed by atoms with Crippen LogP contribution in [0.3, 0.4) is 0 Å². The number of hydrogen-bond donors (Lipinski definition) is 0. The van der Waals surface area contributed by atoms with Gasteiger partial charge < -0.3 is 9.47 Å². The smallest absolute Gasteiger partial charge is 0.133 e. The number of methoxy groups -OCH3 is 2. The molecule has 0 saturated heterocycles. The van der Waals surface area contributed by atoms with Crippen LogP contribution in [0.5, 0.6) is 11.5 Å². The van der Waals surface area contributed by atoms with E-state index < -0.39 is 5.38 Å². The van der Waals surface area contributed by atoms with Gasteiger partial charge in [-0.1, -0.05) is 6.07 Å². The van der Waals surface area contributed by atoms with Crippen LogP contribution < -0.4 is 9.47 Å². The van der Waals surface area contributed by atoms with Crippen molar-refractivity contribution in [2.24, 2.45) is 0 Å². The van der Waals surface area contributed by atoms with E-state index >= 15 is 0 Å². The Bertz CT molecular complexity index is 641. The van der Waals surface area contributed by atoms with Crippen molar-refractivity contribution in [2.75, 3.05) is 14.2 Å². The van der Waals surface area contributed by atoms with E-state index in [2.05, 4.69) is 15.9 Å². The zero-order chi connectivity index (χ0) is 15.6. The molecular formula is C16H15BrClFO2. The molecule has 2 aromatic carbocycles. The van der Waals surface area contributed by atoms with Crippen LogP contribution in [0.4, 0.5) is 4.39 Å². The second kappa shape index (κ2) is 6.67. The second-order valence-corrected chi connectivity index (χ2v) is 5.94. The van der Waals surface area contributed by atoms with E-state index in [0.717, 1.165) is 15.6 Å². The van der Waals surface area contributed by atoms with Crippen LogP contribution in [0.25, 0.3) is 0 Å². The van der Waals surface area contributed by atoms with E-state index in [9.17, 15) is 4.39 Å². The quantitative estimate of drug-likeness (QED) is 0.682. The molecule has 0 radical (unpaired) electrons. The van der Waals surface area contributed by atoms with E-state index in [0.29, 0.717) is 17.1 Å². The van der Waals surface area contributed by atoms with Gasteiger partial charge in [0.15, 0.2) is 0 Å². The van der Waals surface area contributed by atoms with Crippen molar-refractivity contribution in [2.45, 2.75) is 12.3 Å². The Hall–Kier alpha value is -1.26. The standard InChI is InChI=1S/C16H15BrClFO2/c1-9-4-10(6-11(19)5-9)16(18)12-7-15(21-3)13(17)8-14(12)20-2/h4-8,16H,1-3H3. The van der Waals surface area contributed by atoms with Crippen LogP contribution in [0.2, 0.25) is 0 Å². The van der Waals surface area contributed by atoms with Crippen molar-refractivity contribution < 1.29 is 13.9 Å². The molecule has 0 aliphatic rings. The first-order valence-corrected chi connectivity index (χ1v) is 7.51. The Morgan fingerprint density at radius 1 is 1.05 bits per heavy atom. The van der Waals surface area contributed by atoms with Crippen LogP contribution in [-0.2, 0) is 0 Å². The summed E-state index contributed by atoms with van der Waals surface area (Å²) < 4.78 is 25.0. The molecule has 0 amide bonds. The maximum absolute atomic E-state index is 13.6. The lowest BCUT2D eigenvalue weighted by atomic mass is 10.0. The van der Waals surface area contributed by atoms with Gasteiger partial charge in [-0.15, -0.1) is 11.6 Å². The SMILES string of the molecule is COc1cc(C(Cl)c2cc(C)cc(F)c2)c(OC)cc1Br. The van der Waals surface area contributed by atoms with Gasteiger partial charge in [0.25, 0.3) is 0 Å². The Kier molecular flexibility index (Phi) is 5.12. The number of benzene rings is 2. The molecule has 0 N–H and O–H groups in total. The van der Waals surface area contributed by atoms with Gasteiger partial charge >= 0.3 is 0 Å². The summed E-state index contributed by atoms with van der Waals surface area (Å²) in [6, 6.07) is 8.33. The maximum atomic E-state index is 13.6. The highest BCUT2D eigenvalue weighted by Gasteiger charge is 2.19. The van der Waals surface area contributed by atoms with E-state index in [-0.39, 0.29) is 5.82 Å². The summed E-state index contributed by atoms with van der Waals surface area (Å²) in [6.07, 6.45) is 0. The monoisotopic (exact) mass is 372 g/mol. The van der Waals surface area contributed by atoms with Crippen molar-refractivity contribution in [3.8, 4) is 11.5 Å². The second-order valence-electron chi connectivity index (χ2n) is 4.65. The lowest BCUT2D eigenvalue weighted by molar-refractivity contribution is 0.397. The maximum Gasteiger partial charge on any atom is 0.133 e. The first kappa shape index (κ1) is 16.1. The topological polar surface area (TPSA) is 18.5 Å². The average molecular weight is 374 g/mol. The molecule has 112 valence electrons. The van der Waals surface area contributed by atoms with Crippen LogP contribution in [-0.4, -0.2) is 14.2 Å². The summed E-state index contributed by atoms with van der Waals surface area (Å²) in [7, 11) is 3.14. The van der Waals surface area contributed by atoms with E-state index in [1.165, 1.54) is 12.1 Å². The highest BCUT2D eigenvalue weighted by atomic mass is 79.9. The van der Waals surface area contributed by atoms with Crippen molar-refractivity contribution in [3.05, 3.63) is 57.3 Å². The fraction of sp³-hybridized carbons (Fsp3) is 0.250. The van der Waals surface area contributed by atoms with Gasteiger partial charge in [0.2, 0.25) is 0 Å². The molecule has 0 saturated carbocycles. The number of alkyl halides is 1. The van der Waals surface area contributed by atoms with E-state index in [1.54, 1.807) is 26.4 Å². The summed E-state index contributed by atoms with van der Waals surface area (Å²) in [6.45, 7) is 1.83. The number of ether oxygens (including phenoxy) is 2. The Morgan fingerprint density at radius 2 is 1.71 bits per heavy atom. The fourth-order valence-corrected chi connectivity index (χ4v) is 2.95. The zero-order valence-electron chi connectivity index (χ0n) is 11.9. The van der Waals surface area contributed by atoms with Gasteiger partial charge in [-0.3, -0.25) is 0 Å². The molecule has 2 nitrogen and oxygen atoms in total. The molecular weight excluding hydrogens is 359 g/mol. The van der Waals surface area contributed by atoms with Crippen molar-refractivity contribution in [3.63, 3.8) is 0 Å². The molecule has 2 aromatic rings. The predicted octanol–water partition coefficient (Wildman–Crippen LogP) is 5.24. The Morgan fingerprint density at radius 3 is 2.29 bits per heavy atom. The van der Waals surface area contributed by atoms with Crippen LogP contribution in [0.1, 0.15) is 22.1 Å². The Balaban J connectivity index is 2.53. The number of rotatable bonds is 4. The molecule has 1 unspecified atom stereocenters. The lowest BCUT2D eigenvalue weighted by Crippen LogP contribution is -2.00. The zero-order valence-corrected chi connectivity index (χ0v) is 14.3. The van der Waals surface area contributed by atoms with E-state index in [4.69, 9.17) is 21.1 Å². The Labute approximate surface area is 137 Å². The van der Waals surface area contributed by atoms with Gasteiger partial charge in [0.1, 0.15) is 17.3 Å². The minimum Gasteiger partial charge on any atom is -0.496 e. The number of aryl methyl sites for hydroxylation is 1.